The van der Waals surface area contributed by atoms with Crippen molar-refractivity contribution in [2.75, 3.05) is 26.4 Å². The summed E-state index contributed by atoms with van der Waals surface area (Å²) in [6.45, 7) is 12.2. The van der Waals surface area contributed by atoms with Gasteiger partial charge in [0, 0.05) is 21.7 Å². The number of halogens is 3. The van der Waals surface area contributed by atoms with Crippen LogP contribution in [-0.4, -0.2) is 59.9 Å². The van der Waals surface area contributed by atoms with Crippen molar-refractivity contribution in [2.24, 2.45) is 0 Å². The standard InChI is InChI=1S/C20H17FN2O4.C19H17BrFNO4.CN.Cu/c1-3-26-16-9-12(10-22)15(17(21)18(16)27-4-2)11-23-19(24)13-7-5-6-8-14(13)20(23)25;1-3-25-15-9-14(20)13(16(21)17(15)26-4-2)10-22-18(23)11-7-5-6-8-12(11)19(22)24;1-2;/h5-9H,3-4,11H2,1-2H3;5-9H,3-4,10H2,1-2H3;;/q;;-1;+1. The van der Waals surface area contributed by atoms with Crippen LogP contribution in [0.15, 0.2) is 65.1 Å². The van der Waals surface area contributed by atoms with E-state index in [1.165, 1.54) is 6.07 Å². The normalized spacial score (nSPS) is 12.3. The summed E-state index contributed by atoms with van der Waals surface area (Å²) in [6, 6.07) is 17.8. The largest absolute Gasteiger partial charge is 1.00 e. The second-order valence-electron chi connectivity index (χ2n) is 11.4. The van der Waals surface area contributed by atoms with E-state index in [9.17, 15) is 24.4 Å². The number of nitrogens with zero attached hydrogens (tertiary/aromatic N) is 4. The van der Waals surface area contributed by atoms with Crippen molar-refractivity contribution in [3.8, 4) is 29.1 Å². The molecule has 294 valence electrons. The van der Waals surface area contributed by atoms with Crippen molar-refractivity contribution in [1.82, 2.24) is 9.80 Å². The molecule has 4 amide bonds. The summed E-state index contributed by atoms with van der Waals surface area (Å²) in [6.07, 6.45) is 0. The number of amides is 4. The fraction of sp³-hybridized carbons (Fsp3) is 0.250. The average Bonchev–Trinajstić information content (AvgIpc) is 3.58. The first-order chi connectivity index (χ1) is 26.5. The minimum Gasteiger partial charge on any atom is -0.512 e. The van der Waals surface area contributed by atoms with Crippen LogP contribution >= 0.6 is 15.9 Å². The number of carbonyl (C=O) groups excluding carboxylic acids is 4. The molecule has 0 bridgehead atoms. The van der Waals surface area contributed by atoms with E-state index in [2.05, 4.69) is 15.9 Å². The van der Waals surface area contributed by atoms with E-state index < -0.39 is 35.3 Å². The van der Waals surface area contributed by atoms with Gasteiger partial charge < -0.3 is 30.8 Å². The topological polar surface area (TPSA) is 159 Å². The number of rotatable bonds is 12. The predicted octanol–water partition coefficient (Wildman–Crippen LogP) is 7.57. The Labute approximate surface area is 341 Å². The Balaban J connectivity index is 0.000000283. The quantitative estimate of drug-likeness (QED) is 0.0790. The first-order valence-corrected chi connectivity index (χ1v) is 17.7. The van der Waals surface area contributed by atoms with Crippen molar-refractivity contribution in [1.29, 1.82) is 10.5 Å². The molecule has 0 spiro atoms. The van der Waals surface area contributed by atoms with Crippen molar-refractivity contribution < 1.29 is 64.0 Å². The van der Waals surface area contributed by atoms with Gasteiger partial charge >= 0.3 is 17.1 Å². The van der Waals surface area contributed by atoms with E-state index in [4.69, 9.17) is 30.8 Å². The van der Waals surface area contributed by atoms with Gasteiger partial charge in [-0.2, -0.15) is 5.26 Å². The van der Waals surface area contributed by atoms with E-state index in [1.807, 2.05) is 6.07 Å². The molecule has 16 heteroatoms. The SMILES string of the molecule is CCOc1cc(Br)c(CN2C(=O)c3ccccc3C2=O)c(F)c1OCC.CCOc1cc(C#N)c(CN2C(=O)c3ccccc3C2=O)c(F)c1OCC.[C-]#N.[Cu+]. The van der Waals surface area contributed by atoms with Gasteiger partial charge in [0.1, 0.15) is 0 Å². The van der Waals surface area contributed by atoms with E-state index in [1.54, 1.807) is 82.3 Å². The molecule has 2 heterocycles. The van der Waals surface area contributed by atoms with Crippen molar-refractivity contribution in [3.63, 3.8) is 0 Å². The van der Waals surface area contributed by atoms with Crippen LogP contribution in [0.25, 0.3) is 0 Å². The number of benzene rings is 4. The average molecular weight is 880 g/mol. The van der Waals surface area contributed by atoms with Crippen LogP contribution in [0.1, 0.15) is 85.8 Å². The monoisotopic (exact) mass is 878 g/mol. The molecule has 0 saturated carbocycles. The zero-order valence-electron chi connectivity index (χ0n) is 30.5. The summed E-state index contributed by atoms with van der Waals surface area (Å²) >= 11 is 3.31. The maximum atomic E-state index is 15.1. The van der Waals surface area contributed by atoms with Crippen LogP contribution in [0.2, 0.25) is 0 Å². The molecule has 0 N–H and O–H groups in total. The van der Waals surface area contributed by atoms with Gasteiger partial charge in [0.2, 0.25) is 0 Å². The minimum absolute atomic E-state index is 0. The summed E-state index contributed by atoms with van der Waals surface area (Å²) in [7, 11) is 0. The van der Waals surface area contributed by atoms with Gasteiger partial charge in [0.25, 0.3) is 23.6 Å². The van der Waals surface area contributed by atoms with Crippen LogP contribution in [-0.2, 0) is 30.2 Å². The zero-order valence-corrected chi connectivity index (χ0v) is 33.0. The van der Waals surface area contributed by atoms with Gasteiger partial charge in [-0.15, -0.1) is 0 Å². The molecule has 12 nitrogen and oxygen atoms in total. The second kappa shape index (κ2) is 20.2. The molecule has 4 aromatic rings. The number of ether oxygens (including phenoxy) is 4. The molecule has 4 aromatic carbocycles. The Hall–Kier alpha value is -5.80. The first kappa shape index (κ1) is 44.6. The molecule has 0 saturated heterocycles. The Morgan fingerprint density at radius 2 is 0.964 bits per heavy atom. The van der Waals surface area contributed by atoms with Gasteiger partial charge in [-0.05, 0) is 58.0 Å². The Bertz CT molecular complexity index is 2140. The van der Waals surface area contributed by atoms with Gasteiger partial charge in [0.05, 0.1) is 73.4 Å². The molecular formula is C40H34BrCuF2N4O8. The van der Waals surface area contributed by atoms with Crippen LogP contribution in [0.3, 0.4) is 0 Å². The molecule has 0 radical (unpaired) electrons. The van der Waals surface area contributed by atoms with E-state index in [-0.39, 0.29) is 101 Å². The van der Waals surface area contributed by atoms with E-state index in [0.29, 0.717) is 22.2 Å². The molecule has 0 atom stereocenters. The predicted molar refractivity (Wildman–Crippen MR) is 196 cm³/mol. The Morgan fingerprint density at radius 1 is 0.625 bits per heavy atom. The van der Waals surface area contributed by atoms with Gasteiger partial charge in [0.15, 0.2) is 34.6 Å². The van der Waals surface area contributed by atoms with Crippen molar-refractivity contribution >= 4 is 39.6 Å². The van der Waals surface area contributed by atoms with Gasteiger partial charge in [-0.1, -0.05) is 40.2 Å². The van der Waals surface area contributed by atoms with Crippen molar-refractivity contribution in [3.05, 3.63) is 122 Å². The molecule has 56 heavy (non-hydrogen) atoms. The summed E-state index contributed by atoms with van der Waals surface area (Å²) in [5.74, 6) is -3.17. The molecule has 2 aliphatic heterocycles. The third kappa shape index (κ3) is 8.84. The minimum atomic E-state index is -0.809. The fourth-order valence-electron chi connectivity index (χ4n) is 5.83. The van der Waals surface area contributed by atoms with Crippen LogP contribution < -0.4 is 18.9 Å². The van der Waals surface area contributed by atoms with Crippen LogP contribution in [0, 0.1) is 34.8 Å². The molecule has 0 fully saturated rings. The fourth-order valence-corrected chi connectivity index (χ4v) is 6.34. The maximum absolute atomic E-state index is 15.1. The summed E-state index contributed by atoms with van der Waals surface area (Å²) in [5.41, 5.74) is 1.23. The molecule has 0 aromatic heterocycles. The number of hydrogen-bond acceptors (Lipinski definition) is 10. The number of hydrogen-bond donors (Lipinski definition) is 0. The number of imide groups is 2. The van der Waals surface area contributed by atoms with Crippen LogP contribution in [0.4, 0.5) is 8.78 Å². The molecule has 2 aliphatic rings. The number of carbonyl (C=O) groups is 4. The first-order valence-electron chi connectivity index (χ1n) is 16.9. The molecular weight excluding hydrogens is 846 g/mol. The Kier molecular flexibility index (Phi) is 16.1. The summed E-state index contributed by atoms with van der Waals surface area (Å²) in [4.78, 5) is 52.1. The molecule has 6 rings (SSSR count). The number of fused-ring (bicyclic) bond motifs is 2. The Morgan fingerprint density at radius 3 is 1.32 bits per heavy atom. The second-order valence-corrected chi connectivity index (χ2v) is 12.2. The smallest absolute Gasteiger partial charge is 0.512 e. The van der Waals surface area contributed by atoms with Gasteiger partial charge in [-0.25, -0.2) is 8.78 Å². The van der Waals surface area contributed by atoms with Crippen LogP contribution in [0.5, 0.6) is 23.0 Å². The van der Waals surface area contributed by atoms with E-state index in [0.717, 1.165) is 9.80 Å². The molecule has 0 aliphatic carbocycles. The number of nitriles is 1. The van der Waals surface area contributed by atoms with E-state index >= 15 is 8.78 Å². The summed E-state index contributed by atoms with van der Waals surface area (Å²) in [5, 5.41) is 15.7. The summed E-state index contributed by atoms with van der Waals surface area (Å²) < 4.78 is 52.1. The van der Waals surface area contributed by atoms with Crippen molar-refractivity contribution in [2.45, 2.75) is 40.8 Å². The third-order valence-electron chi connectivity index (χ3n) is 8.21. The third-order valence-corrected chi connectivity index (χ3v) is 8.92. The van der Waals surface area contributed by atoms with Gasteiger partial charge in [-0.3, -0.25) is 29.0 Å². The molecule has 0 unspecified atom stereocenters. The maximum Gasteiger partial charge on any atom is 1.00 e. The zero-order chi connectivity index (χ0) is 40.4.